The van der Waals surface area contributed by atoms with E-state index < -0.39 is 141 Å². The Labute approximate surface area is 626 Å². The monoisotopic (exact) mass is 1500 g/mol. The molecule has 12 amide bonds. The summed E-state index contributed by atoms with van der Waals surface area (Å²) < 4.78 is 21.6. The molecule has 0 aromatic carbocycles. The normalized spacial score (nSPS) is 13.3. The van der Waals surface area contributed by atoms with E-state index in [0.29, 0.717) is 51.4 Å². The SMILES string of the molecule is CC(C)(C)OC(=O)NCCCC[C@H](NC(=O)OC(C)(C)C)C(=O)[C@H](CCCCNC(=O)[C@H](CCCCNC(=O)O)NC(=O)C(C)(C)C)C(=O)NCC#CC#CCNC(=O)[C@@H](CCCCNC(=O)[C@H](CCCCNC(=O)O)NC(=O)C(C)(C)C)C(=O)[C@H](CCCCNC(=O)OC(C)(C)C)NC(=O)OC(C)(C)C. The average Bonchev–Trinajstić information content (AvgIpc) is 0.865. The van der Waals surface area contributed by atoms with Crippen molar-refractivity contribution in [2.45, 2.75) is 287 Å². The maximum absolute atomic E-state index is 14.6. The zero-order valence-corrected chi connectivity index (χ0v) is 66.1. The van der Waals surface area contributed by atoms with Gasteiger partial charge in [-0.05, 0) is 198 Å². The molecule has 106 heavy (non-hydrogen) atoms. The molecule has 6 atom stereocenters. The van der Waals surface area contributed by atoms with Gasteiger partial charge in [0.15, 0.2) is 11.6 Å². The highest BCUT2D eigenvalue weighted by atomic mass is 16.6. The molecule has 32 heteroatoms. The van der Waals surface area contributed by atoms with Crippen LogP contribution in [0, 0.1) is 46.3 Å². The van der Waals surface area contributed by atoms with Gasteiger partial charge in [-0.3, -0.25) is 38.4 Å². The second kappa shape index (κ2) is 48.9. The number of unbranched alkanes of at least 4 members (excludes halogenated alkanes) is 6. The van der Waals surface area contributed by atoms with Crippen LogP contribution in [0.4, 0.5) is 28.8 Å². The van der Waals surface area contributed by atoms with Gasteiger partial charge in [0.1, 0.15) is 34.5 Å². The molecule has 14 N–H and O–H groups in total. The Hall–Kier alpha value is -9.10. The minimum atomic E-state index is -1.39. The van der Waals surface area contributed by atoms with E-state index >= 15 is 0 Å². The lowest BCUT2D eigenvalue weighted by Gasteiger charge is -2.26. The first-order valence-corrected chi connectivity index (χ1v) is 36.6. The summed E-state index contributed by atoms with van der Waals surface area (Å²) >= 11 is 0. The highest BCUT2D eigenvalue weighted by molar-refractivity contribution is 6.05. The Bertz CT molecular complexity index is 2810. The predicted molar refractivity (Wildman–Crippen MR) is 397 cm³/mol. The van der Waals surface area contributed by atoms with Crippen molar-refractivity contribution in [1.29, 1.82) is 0 Å². The molecule has 0 rings (SSSR count). The standard InChI is InChI=1S/C74H126N12O20/c1-69(2,3)61(93)83-53(39-25-31-45-79-63(95)96)59(91)77-43-29-21-35-49(55(87)51(85-67(101)105-73(13,14)15)37-23-33-47-81-65(99)103-71(7,8)9)57(89)75-41-27-19-20-28-42-76-58(90)50(36-22-30-44-78-60(92)54(84-62(94)70(4,5)6)40-26-32-46-80-64(97)98)56(88)52(86-68(102)106-74(16,17)18)38-24-34-48-82-66(100)104-72(10,11)12/h49-54,79-80H,21-26,29-48H2,1-18H3,(H,75,89)(H,76,90)(H,77,91)(H,78,92)(H,81,99)(H,82,100)(H,83,93)(H,84,94)(H,85,101)(H,86,102)(H,95,96)(H,97,98)/t49-,50-,51-,52-,53-,54-/m0/s1. The highest BCUT2D eigenvalue weighted by Gasteiger charge is 2.37. The highest BCUT2D eigenvalue weighted by Crippen LogP contribution is 2.21. The topological polar surface area (TPSA) is 461 Å². The third kappa shape index (κ3) is 49.6. The summed E-state index contributed by atoms with van der Waals surface area (Å²) in [5.74, 6) is 3.25. The van der Waals surface area contributed by atoms with Crippen molar-refractivity contribution in [3.05, 3.63) is 0 Å². The number of ether oxygens (including phenoxy) is 4. The van der Waals surface area contributed by atoms with E-state index in [-0.39, 0.29) is 128 Å². The summed E-state index contributed by atoms with van der Waals surface area (Å²) in [7, 11) is 0. The number of carbonyl (C=O) groups is 14. The molecule has 0 radical (unpaired) electrons. The summed E-state index contributed by atoms with van der Waals surface area (Å²) in [6.07, 6.45) is -1.32. The van der Waals surface area contributed by atoms with E-state index in [4.69, 9.17) is 29.2 Å². The quantitative estimate of drug-likeness (QED) is 0.0123. The van der Waals surface area contributed by atoms with Gasteiger partial charge in [0.05, 0.1) is 37.0 Å². The van der Waals surface area contributed by atoms with Crippen LogP contribution in [0.25, 0.3) is 0 Å². The number of hydrogen-bond acceptors (Lipinski definition) is 18. The molecule has 0 aromatic heterocycles. The van der Waals surface area contributed by atoms with Crippen molar-refractivity contribution < 1.29 is 96.3 Å². The number of carbonyl (C=O) groups excluding carboxylic acids is 12. The van der Waals surface area contributed by atoms with Gasteiger partial charge in [-0.25, -0.2) is 28.8 Å². The van der Waals surface area contributed by atoms with Crippen molar-refractivity contribution in [2.24, 2.45) is 22.7 Å². The molecule has 0 fully saturated rings. The van der Waals surface area contributed by atoms with E-state index in [1.807, 2.05) is 0 Å². The first-order chi connectivity index (χ1) is 49.0. The summed E-state index contributed by atoms with van der Waals surface area (Å²) in [4.78, 5) is 184. The zero-order valence-electron chi connectivity index (χ0n) is 66.1. The average molecular weight is 1500 g/mol. The Morgan fingerprint density at radius 1 is 0.292 bits per heavy atom. The number of Topliss-reactive ketones (excluding diaryl/α,β-unsaturated/α-hetero) is 2. The number of amides is 12. The Morgan fingerprint density at radius 2 is 0.547 bits per heavy atom. The van der Waals surface area contributed by atoms with Gasteiger partial charge < -0.3 is 93.0 Å². The summed E-state index contributed by atoms with van der Waals surface area (Å²) in [5.41, 5.74) is -5.08. The van der Waals surface area contributed by atoms with Crippen LogP contribution in [0.15, 0.2) is 0 Å². The van der Waals surface area contributed by atoms with E-state index in [1.165, 1.54) is 0 Å². The molecular formula is C74H126N12O20. The fraction of sp³-hybridized carbons (Fsp3) is 0.757. The van der Waals surface area contributed by atoms with Crippen LogP contribution in [0.1, 0.15) is 240 Å². The molecular weight excluding hydrogens is 1380 g/mol. The molecule has 0 unspecified atom stereocenters. The lowest BCUT2D eigenvalue weighted by atomic mass is 9.89. The maximum Gasteiger partial charge on any atom is 0.408 e. The van der Waals surface area contributed by atoms with E-state index in [1.54, 1.807) is 125 Å². The zero-order chi connectivity index (χ0) is 81.1. The van der Waals surface area contributed by atoms with Crippen LogP contribution in [-0.2, 0) is 57.3 Å². The molecule has 602 valence electrons. The van der Waals surface area contributed by atoms with Gasteiger partial charge in [-0.1, -0.05) is 66.2 Å². The van der Waals surface area contributed by atoms with Crippen molar-refractivity contribution in [3.63, 3.8) is 0 Å². The van der Waals surface area contributed by atoms with Crippen LogP contribution >= 0.6 is 0 Å². The van der Waals surface area contributed by atoms with Crippen molar-refractivity contribution in [2.75, 3.05) is 52.4 Å². The van der Waals surface area contributed by atoms with Gasteiger partial charge >= 0.3 is 36.6 Å². The number of ketones is 2. The van der Waals surface area contributed by atoms with Crippen LogP contribution in [0.3, 0.4) is 0 Å². The molecule has 0 saturated heterocycles. The van der Waals surface area contributed by atoms with E-state index in [0.717, 1.165) is 0 Å². The molecule has 0 saturated carbocycles. The minimum absolute atomic E-state index is 0.0322. The second-order valence-corrected chi connectivity index (χ2v) is 31.8. The molecule has 0 spiro atoms. The lowest BCUT2D eigenvalue weighted by Crippen LogP contribution is -2.50. The van der Waals surface area contributed by atoms with Gasteiger partial charge in [0.25, 0.3) is 0 Å². The molecule has 0 heterocycles. The van der Waals surface area contributed by atoms with Gasteiger partial charge in [0.2, 0.25) is 35.4 Å². The lowest BCUT2D eigenvalue weighted by molar-refractivity contribution is -0.137. The summed E-state index contributed by atoms with van der Waals surface area (Å²) in [5, 5.41) is 49.5. The predicted octanol–water partition coefficient (Wildman–Crippen LogP) is 7.28. The Kier molecular flexibility index (Phi) is 44.7. The molecule has 0 aliphatic carbocycles. The maximum atomic E-state index is 14.6. The largest absolute Gasteiger partial charge is 0.465 e. The third-order valence-corrected chi connectivity index (χ3v) is 14.9. The third-order valence-electron chi connectivity index (χ3n) is 14.9. The number of alkyl carbamates (subject to hydrolysis) is 4. The fourth-order valence-electron chi connectivity index (χ4n) is 9.64. The van der Waals surface area contributed by atoms with Crippen molar-refractivity contribution in [1.82, 2.24) is 63.8 Å². The minimum Gasteiger partial charge on any atom is -0.465 e. The van der Waals surface area contributed by atoms with Crippen LogP contribution < -0.4 is 63.8 Å². The summed E-state index contributed by atoms with van der Waals surface area (Å²) in [6.45, 7) is 30.4. The van der Waals surface area contributed by atoms with E-state index in [2.05, 4.69) is 87.5 Å². The number of carboxylic acid groups (broad SMARTS) is 2. The van der Waals surface area contributed by atoms with Crippen LogP contribution in [-0.4, -0.2) is 193 Å². The first kappa shape index (κ1) is 96.9. The molecule has 0 bridgehead atoms. The number of rotatable bonds is 44. The van der Waals surface area contributed by atoms with Gasteiger partial charge in [0, 0.05) is 50.1 Å². The van der Waals surface area contributed by atoms with Crippen molar-refractivity contribution >= 4 is 83.6 Å². The fourth-order valence-corrected chi connectivity index (χ4v) is 9.64. The Balaban J connectivity index is 7.00. The molecule has 0 aromatic rings. The molecule has 0 aliphatic heterocycles. The van der Waals surface area contributed by atoms with Gasteiger partial charge in [-0.15, -0.1) is 0 Å². The Morgan fingerprint density at radius 3 is 0.821 bits per heavy atom. The number of hydrogen-bond donors (Lipinski definition) is 14. The van der Waals surface area contributed by atoms with Crippen LogP contribution in [0.5, 0.6) is 0 Å². The van der Waals surface area contributed by atoms with E-state index in [9.17, 15) is 67.1 Å². The van der Waals surface area contributed by atoms with Gasteiger partial charge in [-0.2, -0.15) is 0 Å². The first-order valence-electron chi connectivity index (χ1n) is 36.6. The smallest absolute Gasteiger partial charge is 0.408 e. The van der Waals surface area contributed by atoms with Crippen LogP contribution in [0.2, 0.25) is 0 Å². The molecule has 0 aliphatic rings. The number of nitrogens with one attached hydrogen (secondary N) is 12. The summed E-state index contributed by atoms with van der Waals surface area (Å²) in [6, 6.07) is -4.39. The molecule has 32 nitrogen and oxygen atoms in total. The van der Waals surface area contributed by atoms with Crippen molar-refractivity contribution in [3.8, 4) is 23.7 Å². The second-order valence-electron chi connectivity index (χ2n) is 31.8.